The minimum absolute atomic E-state index is 0.0681. The fraction of sp³-hybridized carbons (Fsp3) is 0.667. The number of hydrogen-bond acceptors (Lipinski definition) is 4. The van der Waals surface area contributed by atoms with E-state index < -0.39 is 11.4 Å². The standard InChI is InChI=1S/C15H22N2O3S/c1-3-11-9-16-13(21-11)10(2)17-12(18)8-15(14(19)20)6-4-5-7-15/h9-10H,3-8H2,1-2H3,(H,17,18)(H,19,20). The Labute approximate surface area is 128 Å². The van der Waals surface area contributed by atoms with Gasteiger partial charge in [-0.2, -0.15) is 0 Å². The van der Waals surface area contributed by atoms with Crippen molar-refractivity contribution in [3.63, 3.8) is 0 Å². The molecule has 1 aromatic heterocycles. The molecule has 1 amide bonds. The Kier molecular flexibility index (Phi) is 4.98. The molecule has 1 saturated carbocycles. The summed E-state index contributed by atoms with van der Waals surface area (Å²) in [5.74, 6) is -1.04. The first kappa shape index (κ1) is 15.9. The maximum absolute atomic E-state index is 12.2. The van der Waals surface area contributed by atoms with Crippen molar-refractivity contribution in [2.75, 3.05) is 0 Å². The summed E-state index contributed by atoms with van der Waals surface area (Å²) in [4.78, 5) is 29.1. The number of carbonyl (C=O) groups is 2. The quantitative estimate of drug-likeness (QED) is 0.846. The van der Waals surface area contributed by atoms with Gasteiger partial charge in [0.2, 0.25) is 5.91 Å². The number of carbonyl (C=O) groups excluding carboxylic acids is 1. The lowest BCUT2D eigenvalue weighted by atomic mass is 9.82. The molecule has 6 heteroatoms. The molecule has 1 fully saturated rings. The van der Waals surface area contributed by atoms with Gasteiger partial charge in [-0.15, -0.1) is 11.3 Å². The largest absolute Gasteiger partial charge is 0.481 e. The van der Waals surface area contributed by atoms with Gasteiger partial charge in [0.1, 0.15) is 5.01 Å². The Morgan fingerprint density at radius 2 is 2.14 bits per heavy atom. The van der Waals surface area contributed by atoms with Crippen LogP contribution in [0, 0.1) is 5.41 Å². The lowest BCUT2D eigenvalue weighted by molar-refractivity contribution is -0.151. The van der Waals surface area contributed by atoms with Gasteiger partial charge in [-0.3, -0.25) is 9.59 Å². The molecular weight excluding hydrogens is 288 g/mol. The molecule has 0 radical (unpaired) electrons. The van der Waals surface area contributed by atoms with Gasteiger partial charge < -0.3 is 10.4 Å². The van der Waals surface area contributed by atoms with Crippen molar-refractivity contribution in [1.82, 2.24) is 10.3 Å². The van der Waals surface area contributed by atoms with Crippen LogP contribution in [0.25, 0.3) is 0 Å². The maximum Gasteiger partial charge on any atom is 0.310 e. The van der Waals surface area contributed by atoms with Crippen LogP contribution in [0.15, 0.2) is 6.20 Å². The van der Waals surface area contributed by atoms with E-state index in [4.69, 9.17) is 0 Å². The first-order valence-electron chi connectivity index (χ1n) is 7.44. The summed E-state index contributed by atoms with van der Waals surface area (Å²) in [5, 5.41) is 13.2. The van der Waals surface area contributed by atoms with Gasteiger partial charge >= 0.3 is 5.97 Å². The van der Waals surface area contributed by atoms with Crippen LogP contribution in [0.3, 0.4) is 0 Å². The highest BCUT2D eigenvalue weighted by Gasteiger charge is 2.43. The molecule has 1 aliphatic rings. The van der Waals surface area contributed by atoms with Crippen LogP contribution < -0.4 is 5.32 Å². The zero-order chi connectivity index (χ0) is 15.5. The average molecular weight is 310 g/mol. The first-order chi connectivity index (χ1) is 9.97. The average Bonchev–Trinajstić information content (AvgIpc) is 3.07. The van der Waals surface area contributed by atoms with Crippen LogP contribution in [0.5, 0.6) is 0 Å². The Balaban J connectivity index is 1.96. The van der Waals surface area contributed by atoms with Gasteiger partial charge in [-0.1, -0.05) is 19.8 Å². The van der Waals surface area contributed by atoms with E-state index in [1.807, 2.05) is 13.1 Å². The number of aliphatic carboxylic acids is 1. The molecule has 0 aliphatic heterocycles. The molecule has 0 aromatic carbocycles. The van der Waals surface area contributed by atoms with Crippen LogP contribution in [0.2, 0.25) is 0 Å². The third-order valence-electron chi connectivity index (χ3n) is 4.18. The molecule has 1 aromatic rings. The lowest BCUT2D eigenvalue weighted by Crippen LogP contribution is -2.36. The van der Waals surface area contributed by atoms with E-state index in [9.17, 15) is 14.7 Å². The number of carboxylic acids is 1. The SMILES string of the molecule is CCc1cnc(C(C)NC(=O)CC2(C(=O)O)CCCC2)s1. The van der Waals surface area contributed by atoms with E-state index >= 15 is 0 Å². The minimum Gasteiger partial charge on any atom is -0.481 e. The summed E-state index contributed by atoms with van der Waals surface area (Å²) in [6.45, 7) is 3.95. The van der Waals surface area contributed by atoms with Crippen molar-refractivity contribution in [1.29, 1.82) is 0 Å². The van der Waals surface area contributed by atoms with E-state index in [0.29, 0.717) is 12.8 Å². The van der Waals surface area contributed by atoms with Gasteiger partial charge in [0, 0.05) is 17.5 Å². The minimum atomic E-state index is -0.860. The van der Waals surface area contributed by atoms with Crippen LogP contribution in [-0.2, 0) is 16.0 Å². The second-order valence-corrected chi connectivity index (χ2v) is 6.92. The van der Waals surface area contributed by atoms with Gasteiger partial charge in [0.05, 0.1) is 11.5 Å². The topological polar surface area (TPSA) is 79.3 Å². The molecular formula is C15H22N2O3S. The Morgan fingerprint density at radius 1 is 1.48 bits per heavy atom. The number of amides is 1. The normalized spacial score (nSPS) is 18.4. The van der Waals surface area contributed by atoms with Crippen molar-refractivity contribution >= 4 is 23.2 Å². The van der Waals surface area contributed by atoms with Gasteiger partial charge in [-0.05, 0) is 26.2 Å². The zero-order valence-corrected chi connectivity index (χ0v) is 13.3. The van der Waals surface area contributed by atoms with Crippen molar-refractivity contribution in [3.8, 4) is 0 Å². The number of rotatable bonds is 6. The highest BCUT2D eigenvalue weighted by molar-refractivity contribution is 7.11. The number of carboxylic acid groups (broad SMARTS) is 1. The maximum atomic E-state index is 12.2. The van der Waals surface area contributed by atoms with E-state index in [1.54, 1.807) is 11.3 Å². The van der Waals surface area contributed by atoms with Gasteiger partial charge in [0.15, 0.2) is 0 Å². The van der Waals surface area contributed by atoms with E-state index in [0.717, 1.165) is 24.3 Å². The molecule has 0 saturated heterocycles. The number of nitrogens with zero attached hydrogens (tertiary/aromatic N) is 1. The fourth-order valence-electron chi connectivity index (χ4n) is 2.87. The lowest BCUT2D eigenvalue weighted by Gasteiger charge is -2.23. The Morgan fingerprint density at radius 3 is 2.67 bits per heavy atom. The molecule has 0 spiro atoms. The Bertz CT molecular complexity index is 521. The first-order valence-corrected chi connectivity index (χ1v) is 8.26. The monoisotopic (exact) mass is 310 g/mol. The van der Waals surface area contributed by atoms with Gasteiger partial charge in [-0.25, -0.2) is 4.98 Å². The highest BCUT2D eigenvalue weighted by atomic mass is 32.1. The van der Waals surface area contributed by atoms with Crippen molar-refractivity contribution in [3.05, 3.63) is 16.1 Å². The molecule has 1 atom stereocenters. The highest BCUT2D eigenvalue weighted by Crippen LogP contribution is 2.41. The van der Waals surface area contributed by atoms with Crippen LogP contribution in [-0.4, -0.2) is 22.0 Å². The third-order valence-corrected chi connectivity index (χ3v) is 5.51. The summed E-state index contributed by atoms with van der Waals surface area (Å²) in [6, 6.07) is -0.171. The summed E-state index contributed by atoms with van der Waals surface area (Å²) in [6.07, 6.45) is 5.81. The summed E-state index contributed by atoms with van der Waals surface area (Å²) < 4.78 is 0. The van der Waals surface area contributed by atoms with Crippen molar-refractivity contribution in [2.24, 2.45) is 5.41 Å². The van der Waals surface area contributed by atoms with Gasteiger partial charge in [0.25, 0.3) is 0 Å². The smallest absolute Gasteiger partial charge is 0.310 e. The molecule has 1 heterocycles. The van der Waals surface area contributed by atoms with Crippen molar-refractivity contribution < 1.29 is 14.7 Å². The van der Waals surface area contributed by atoms with Crippen molar-refractivity contribution in [2.45, 2.75) is 58.4 Å². The molecule has 2 rings (SSSR count). The molecule has 2 N–H and O–H groups in total. The van der Waals surface area contributed by atoms with Crippen LogP contribution in [0.4, 0.5) is 0 Å². The summed E-state index contributed by atoms with van der Waals surface area (Å²) in [5.41, 5.74) is -0.860. The Hall–Kier alpha value is -1.43. The molecule has 21 heavy (non-hydrogen) atoms. The van der Waals surface area contributed by atoms with E-state index in [2.05, 4.69) is 17.2 Å². The van der Waals surface area contributed by atoms with E-state index in [-0.39, 0.29) is 18.4 Å². The van der Waals surface area contributed by atoms with Crippen LogP contribution in [0.1, 0.15) is 61.9 Å². The summed E-state index contributed by atoms with van der Waals surface area (Å²) in [7, 11) is 0. The predicted octanol–water partition coefficient (Wildman–Crippen LogP) is 2.92. The van der Waals surface area contributed by atoms with Crippen LogP contribution >= 0.6 is 11.3 Å². The number of thiazole rings is 1. The predicted molar refractivity (Wildman–Crippen MR) is 81.2 cm³/mol. The fourth-order valence-corrected chi connectivity index (χ4v) is 3.73. The second-order valence-electron chi connectivity index (χ2n) is 5.78. The molecule has 116 valence electrons. The second kappa shape index (κ2) is 6.56. The molecule has 1 aliphatic carbocycles. The zero-order valence-electron chi connectivity index (χ0n) is 12.5. The molecule has 1 unspecified atom stereocenters. The number of nitrogens with one attached hydrogen (secondary N) is 1. The van der Waals surface area contributed by atoms with E-state index in [1.165, 1.54) is 4.88 Å². The number of aromatic nitrogens is 1. The number of hydrogen-bond donors (Lipinski definition) is 2. The molecule has 0 bridgehead atoms. The molecule has 5 nitrogen and oxygen atoms in total. The number of aryl methyl sites for hydroxylation is 1. The third kappa shape index (κ3) is 3.61. The summed E-state index contributed by atoms with van der Waals surface area (Å²) >= 11 is 1.59.